The van der Waals surface area contributed by atoms with E-state index >= 15 is 0 Å². The molecule has 1 N–H and O–H groups in total. The predicted octanol–water partition coefficient (Wildman–Crippen LogP) is 5.08. The largest absolute Gasteiger partial charge is 0.461 e. The van der Waals surface area contributed by atoms with Crippen molar-refractivity contribution in [2.75, 3.05) is 5.32 Å². The molecule has 2 aromatic heterocycles. The Bertz CT molecular complexity index is 1140. The van der Waals surface area contributed by atoms with Crippen molar-refractivity contribution in [2.45, 2.75) is 20.3 Å². The van der Waals surface area contributed by atoms with Gasteiger partial charge in [-0.1, -0.05) is 24.6 Å². The molecule has 0 unspecified atom stereocenters. The first-order valence-electron chi connectivity index (χ1n) is 9.14. The molecule has 0 radical (unpaired) electrons. The molecule has 0 saturated carbocycles. The zero-order valence-electron chi connectivity index (χ0n) is 16.0. The van der Waals surface area contributed by atoms with Crippen LogP contribution in [-0.2, 0) is 13.5 Å². The SMILES string of the molecule is CCc1cc2c(Oc3ccc(C)cc3)cc(C(=O)Nc3ccn(C)n3)cc2o1. The van der Waals surface area contributed by atoms with Crippen molar-refractivity contribution in [2.24, 2.45) is 7.05 Å². The molecule has 142 valence electrons. The number of carbonyl (C=O) groups excluding carboxylic acids is 1. The molecule has 1 amide bonds. The zero-order valence-corrected chi connectivity index (χ0v) is 16.0. The standard InChI is InChI=1S/C22H21N3O3/c1-4-16-13-18-19(27-16)11-15(22(26)23-21-9-10-25(3)24-21)12-20(18)28-17-7-5-14(2)6-8-17/h5-13H,4H2,1-3H3,(H,23,24,26). The van der Waals surface area contributed by atoms with Gasteiger partial charge in [0.2, 0.25) is 0 Å². The van der Waals surface area contributed by atoms with E-state index in [4.69, 9.17) is 9.15 Å². The van der Waals surface area contributed by atoms with Gasteiger partial charge in [0.1, 0.15) is 22.8 Å². The Balaban J connectivity index is 1.72. The van der Waals surface area contributed by atoms with Gasteiger partial charge < -0.3 is 14.5 Å². The quantitative estimate of drug-likeness (QED) is 0.528. The highest BCUT2D eigenvalue weighted by Gasteiger charge is 2.16. The van der Waals surface area contributed by atoms with E-state index in [9.17, 15) is 4.79 Å². The minimum absolute atomic E-state index is 0.274. The predicted molar refractivity (Wildman–Crippen MR) is 108 cm³/mol. The van der Waals surface area contributed by atoms with Gasteiger partial charge in [-0.2, -0.15) is 5.10 Å². The van der Waals surface area contributed by atoms with E-state index in [0.717, 1.165) is 23.1 Å². The molecule has 6 nitrogen and oxygen atoms in total. The number of hydrogen-bond donors (Lipinski definition) is 1. The van der Waals surface area contributed by atoms with E-state index in [1.54, 1.807) is 36.1 Å². The van der Waals surface area contributed by atoms with Crippen molar-refractivity contribution in [3.8, 4) is 11.5 Å². The molecule has 0 saturated heterocycles. The summed E-state index contributed by atoms with van der Waals surface area (Å²) in [7, 11) is 1.80. The number of furan rings is 1. The van der Waals surface area contributed by atoms with Gasteiger partial charge >= 0.3 is 0 Å². The summed E-state index contributed by atoms with van der Waals surface area (Å²) in [5, 5.41) is 7.82. The first-order chi connectivity index (χ1) is 13.5. The number of nitrogens with zero attached hydrogens (tertiary/aromatic N) is 2. The van der Waals surface area contributed by atoms with Crippen molar-refractivity contribution in [1.29, 1.82) is 0 Å². The summed E-state index contributed by atoms with van der Waals surface area (Å²) < 4.78 is 13.6. The Kier molecular flexibility index (Phi) is 4.61. The Morgan fingerprint density at radius 2 is 1.96 bits per heavy atom. The third-order valence-electron chi connectivity index (χ3n) is 4.47. The highest BCUT2D eigenvalue weighted by molar-refractivity contribution is 6.06. The summed E-state index contributed by atoms with van der Waals surface area (Å²) in [5.41, 5.74) is 2.21. The Labute approximate surface area is 162 Å². The van der Waals surface area contributed by atoms with Gasteiger partial charge in [0.25, 0.3) is 5.91 Å². The third kappa shape index (κ3) is 3.62. The monoisotopic (exact) mass is 375 g/mol. The summed E-state index contributed by atoms with van der Waals surface area (Å²) in [4.78, 5) is 12.7. The molecule has 2 aromatic carbocycles. The van der Waals surface area contributed by atoms with Crippen LogP contribution in [0.4, 0.5) is 5.82 Å². The number of carbonyl (C=O) groups is 1. The highest BCUT2D eigenvalue weighted by Crippen LogP contribution is 2.34. The van der Waals surface area contributed by atoms with Gasteiger partial charge in [0.15, 0.2) is 5.82 Å². The topological polar surface area (TPSA) is 69.3 Å². The smallest absolute Gasteiger partial charge is 0.257 e. The molecule has 0 atom stereocenters. The van der Waals surface area contributed by atoms with Crippen LogP contribution in [-0.4, -0.2) is 15.7 Å². The Hall–Kier alpha value is -3.54. The maximum Gasteiger partial charge on any atom is 0.257 e. The number of fused-ring (bicyclic) bond motifs is 1. The van der Waals surface area contributed by atoms with Crippen LogP contribution >= 0.6 is 0 Å². The lowest BCUT2D eigenvalue weighted by Gasteiger charge is -2.09. The number of aromatic nitrogens is 2. The molecule has 6 heteroatoms. The van der Waals surface area contributed by atoms with Crippen LogP contribution in [0, 0.1) is 6.92 Å². The van der Waals surface area contributed by atoms with Crippen molar-refractivity contribution >= 4 is 22.7 Å². The van der Waals surface area contributed by atoms with Crippen LogP contribution in [0.2, 0.25) is 0 Å². The van der Waals surface area contributed by atoms with Crippen LogP contribution < -0.4 is 10.1 Å². The summed E-state index contributed by atoms with van der Waals surface area (Å²) in [5.74, 6) is 2.33. The van der Waals surface area contributed by atoms with E-state index in [0.29, 0.717) is 28.5 Å². The van der Waals surface area contributed by atoms with Crippen LogP contribution in [0.15, 0.2) is 59.1 Å². The summed E-state index contributed by atoms with van der Waals surface area (Å²) in [6.45, 7) is 4.04. The first-order valence-corrected chi connectivity index (χ1v) is 9.14. The van der Waals surface area contributed by atoms with Gasteiger partial charge in [-0.15, -0.1) is 0 Å². The number of aryl methyl sites for hydroxylation is 3. The van der Waals surface area contributed by atoms with Gasteiger partial charge in [-0.3, -0.25) is 9.48 Å². The molecular weight excluding hydrogens is 354 g/mol. The minimum Gasteiger partial charge on any atom is -0.461 e. The van der Waals surface area contributed by atoms with Crippen LogP contribution in [0.3, 0.4) is 0 Å². The average molecular weight is 375 g/mol. The summed E-state index contributed by atoms with van der Waals surface area (Å²) in [6.07, 6.45) is 2.53. The zero-order chi connectivity index (χ0) is 19.7. The lowest BCUT2D eigenvalue weighted by Crippen LogP contribution is -2.12. The van der Waals surface area contributed by atoms with Crippen molar-refractivity contribution in [3.05, 3.63) is 71.6 Å². The van der Waals surface area contributed by atoms with E-state index in [2.05, 4.69) is 10.4 Å². The number of benzene rings is 2. The van der Waals surface area contributed by atoms with Crippen LogP contribution in [0.25, 0.3) is 11.0 Å². The first kappa shape index (κ1) is 17.9. The van der Waals surface area contributed by atoms with Crippen molar-refractivity contribution < 1.29 is 13.9 Å². The third-order valence-corrected chi connectivity index (χ3v) is 4.47. The minimum atomic E-state index is -0.274. The number of nitrogens with one attached hydrogen (secondary N) is 1. The molecule has 0 fully saturated rings. The van der Waals surface area contributed by atoms with Crippen molar-refractivity contribution in [1.82, 2.24) is 9.78 Å². The molecule has 0 aliphatic heterocycles. The van der Waals surface area contributed by atoms with E-state index < -0.39 is 0 Å². The lowest BCUT2D eigenvalue weighted by atomic mass is 10.1. The summed E-state index contributed by atoms with van der Waals surface area (Å²) in [6, 6.07) is 14.9. The second-order valence-electron chi connectivity index (χ2n) is 6.70. The van der Waals surface area contributed by atoms with Crippen LogP contribution in [0.5, 0.6) is 11.5 Å². The lowest BCUT2D eigenvalue weighted by molar-refractivity contribution is 0.102. The number of amides is 1. The fraction of sp³-hybridized carbons (Fsp3) is 0.182. The second-order valence-corrected chi connectivity index (χ2v) is 6.70. The fourth-order valence-electron chi connectivity index (χ4n) is 2.95. The molecular formula is C22H21N3O3. The van der Waals surface area contributed by atoms with E-state index in [1.165, 1.54) is 0 Å². The number of ether oxygens (including phenoxy) is 1. The Morgan fingerprint density at radius 3 is 2.64 bits per heavy atom. The molecule has 4 aromatic rings. The molecule has 0 aliphatic carbocycles. The fourth-order valence-corrected chi connectivity index (χ4v) is 2.95. The maximum atomic E-state index is 12.7. The average Bonchev–Trinajstić information content (AvgIpc) is 3.29. The molecule has 0 aliphatic rings. The maximum absolute atomic E-state index is 12.7. The molecule has 0 bridgehead atoms. The van der Waals surface area contributed by atoms with Gasteiger partial charge in [-0.25, -0.2) is 0 Å². The normalized spacial score (nSPS) is 11.0. The summed E-state index contributed by atoms with van der Waals surface area (Å²) >= 11 is 0. The highest BCUT2D eigenvalue weighted by atomic mass is 16.5. The number of anilines is 1. The Morgan fingerprint density at radius 1 is 1.18 bits per heavy atom. The molecule has 4 rings (SSSR count). The molecule has 2 heterocycles. The van der Waals surface area contributed by atoms with Gasteiger partial charge in [0, 0.05) is 31.3 Å². The van der Waals surface area contributed by atoms with Gasteiger partial charge in [0.05, 0.1) is 5.39 Å². The number of rotatable bonds is 5. The molecule has 0 spiro atoms. The van der Waals surface area contributed by atoms with E-state index in [-0.39, 0.29) is 5.91 Å². The van der Waals surface area contributed by atoms with Crippen molar-refractivity contribution in [3.63, 3.8) is 0 Å². The van der Waals surface area contributed by atoms with Gasteiger partial charge in [-0.05, 0) is 37.3 Å². The molecule has 28 heavy (non-hydrogen) atoms. The second kappa shape index (κ2) is 7.23. The van der Waals surface area contributed by atoms with Crippen LogP contribution in [0.1, 0.15) is 28.6 Å². The number of hydrogen-bond acceptors (Lipinski definition) is 4. The van der Waals surface area contributed by atoms with E-state index in [1.807, 2.05) is 44.2 Å².